The quantitative estimate of drug-likeness (QED) is 0.327. The summed E-state index contributed by atoms with van der Waals surface area (Å²) in [5.74, 6) is 2.44. The summed E-state index contributed by atoms with van der Waals surface area (Å²) in [5.41, 5.74) is 1.09. The molecule has 0 amide bonds. The Hall–Kier alpha value is -1.55. The lowest BCUT2D eigenvalue weighted by atomic mass is 10.2. The Morgan fingerprint density at radius 2 is 2.00 bits per heavy atom. The Morgan fingerprint density at radius 3 is 2.64 bits per heavy atom. The zero-order valence-electron chi connectivity index (χ0n) is 16.7. The van der Waals surface area contributed by atoms with E-state index in [-0.39, 0.29) is 24.0 Å². The molecule has 0 aliphatic heterocycles. The van der Waals surface area contributed by atoms with Crippen molar-refractivity contribution < 1.29 is 9.47 Å². The first-order valence-electron chi connectivity index (χ1n) is 9.37. The first kappa shape index (κ1) is 22.7. The van der Waals surface area contributed by atoms with E-state index in [1.807, 2.05) is 24.4 Å². The molecule has 1 aliphatic rings. The molecule has 28 heavy (non-hydrogen) atoms. The Kier molecular flexibility index (Phi) is 9.30. The van der Waals surface area contributed by atoms with E-state index in [1.165, 1.54) is 17.7 Å². The molecule has 8 heteroatoms. The summed E-state index contributed by atoms with van der Waals surface area (Å²) < 4.78 is 11.6. The maximum absolute atomic E-state index is 6.26. The van der Waals surface area contributed by atoms with Crippen LogP contribution in [-0.4, -0.2) is 31.2 Å². The predicted octanol–water partition coefficient (Wildman–Crippen LogP) is 4.26. The first-order chi connectivity index (χ1) is 13.2. The minimum absolute atomic E-state index is 0. The number of nitrogens with zero attached hydrogens (tertiary/aromatic N) is 2. The van der Waals surface area contributed by atoms with Gasteiger partial charge < -0.3 is 20.1 Å². The van der Waals surface area contributed by atoms with Gasteiger partial charge in [0.25, 0.3) is 0 Å². The van der Waals surface area contributed by atoms with Crippen LogP contribution in [0, 0.1) is 6.92 Å². The van der Waals surface area contributed by atoms with Crippen LogP contribution in [0.25, 0.3) is 0 Å². The summed E-state index contributed by atoms with van der Waals surface area (Å²) >= 11 is 1.69. The number of aryl methyl sites for hydroxylation is 1. The highest BCUT2D eigenvalue weighted by atomic mass is 127. The van der Waals surface area contributed by atoms with Crippen molar-refractivity contribution in [2.75, 3.05) is 14.2 Å². The summed E-state index contributed by atoms with van der Waals surface area (Å²) in [4.78, 5) is 9.88. The Labute approximate surface area is 188 Å². The molecule has 1 saturated carbocycles. The molecule has 0 unspecified atom stereocenters. The summed E-state index contributed by atoms with van der Waals surface area (Å²) in [5, 5.41) is 7.71. The molecule has 0 radical (unpaired) electrons. The van der Waals surface area contributed by atoms with Gasteiger partial charge in [0.2, 0.25) is 0 Å². The van der Waals surface area contributed by atoms with Gasteiger partial charge in [0.15, 0.2) is 5.96 Å². The minimum atomic E-state index is 0. The third-order valence-electron chi connectivity index (χ3n) is 4.62. The van der Waals surface area contributed by atoms with Gasteiger partial charge in [-0.1, -0.05) is 0 Å². The molecular weight excluding hydrogens is 487 g/mol. The molecule has 0 spiro atoms. The average Bonchev–Trinajstić information content (AvgIpc) is 3.34. The molecule has 1 fully saturated rings. The second-order valence-electron chi connectivity index (χ2n) is 6.64. The average molecular weight is 516 g/mol. The van der Waals surface area contributed by atoms with Crippen LogP contribution in [0.5, 0.6) is 11.5 Å². The Balaban J connectivity index is 0.00000280. The maximum Gasteiger partial charge on any atom is 0.191 e. The number of methoxy groups -OCH3 is 1. The van der Waals surface area contributed by atoms with E-state index in [0.717, 1.165) is 40.9 Å². The highest BCUT2D eigenvalue weighted by Crippen LogP contribution is 2.30. The SMILES string of the molecule is CN=C(NCc1ncc(C)s1)NCc1ccc(OC)cc1OC1CCCC1.I. The van der Waals surface area contributed by atoms with Crippen molar-refractivity contribution in [3.05, 3.63) is 39.8 Å². The largest absolute Gasteiger partial charge is 0.497 e. The normalized spacial score (nSPS) is 14.5. The van der Waals surface area contributed by atoms with Gasteiger partial charge >= 0.3 is 0 Å². The van der Waals surface area contributed by atoms with Crippen LogP contribution in [0.2, 0.25) is 0 Å². The number of halogens is 1. The number of hydrogen-bond acceptors (Lipinski definition) is 5. The van der Waals surface area contributed by atoms with Crippen LogP contribution in [0.4, 0.5) is 0 Å². The Bertz CT molecular complexity index is 775. The second kappa shape index (κ2) is 11.5. The highest BCUT2D eigenvalue weighted by molar-refractivity contribution is 14.0. The van der Waals surface area contributed by atoms with Crippen molar-refractivity contribution >= 4 is 41.3 Å². The van der Waals surface area contributed by atoms with Gasteiger partial charge in [-0.2, -0.15) is 0 Å². The number of ether oxygens (including phenoxy) is 2. The van der Waals surface area contributed by atoms with Gasteiger partial charge in [-0.15, -0.1) is 35.3 Å². The molecule has 1 heterocycles. The van der Waals surface area contributed by atoms with Crippen LogP contribution in [-0.2, 0) is 13.1 Å². The first-order valence-corrected chi connectivity index (χ1v) is 10.2. The van der Waals surface area contributed by atoms with Gasteiger partial charge in [-0.05, 0) is 44.7 Å². The van der Waals surface area contributed by atoms with E-state index in [1.54, 1.807) is 25.5 Å². The molecule has 3 rings (SSSR count). The summed E-state index contributed by atoms with van der Waals surface area (Å²) in [6.07, 6.45) is 6.94. The molecule has 0 saturated heterocycles. The molecule has 0 atom stereocenters. The van der Waals surface area contributed by atoms with Crippen molar-refractivity contribution in [1.82, 2.24) is 15.6 Å². The topological polar surface area (TPSA) is 67.8 Å². The van der Waals surface area contributed by atoms with Crippen molar-refractivity contribution in [2.45, 2.75) is 51.8 Å². The number of aromatic nitrogens is 1. The summed E-state index contributed by atoms with van der Waals surface area (Å²) in [6, 6.07) is 5.99. The number of aliphatic imine (C=N–C) groups is 1. The van der Waals surface area contributed by atoms with Gasteiger partial charge in [-0.25, -0.2) is 4.98 Å². The Morgan fingerprint density at radius 1 is 1.25 bits per heavy atom. The number of benzene rings is 1. The zero-order chi connectivity index (χ0) is 19.1. The van der Waals surface area contributed by atoms with Crippen molar-refractivity contribution in [2.24, 2.45) is 4.99 Å². The van der Waals surface area contributed by atoms with E-state index in [9.17, 15) is 0 Å². The minimum Gasteiger partial charge on any atom is -0.497 e. The van der Waals surface area contributed by atoms with Crippen LogP contribution in [0.1, 0.15) is 41.1 Å². The fourth-order valence-corrected chi connectivity index (χ4v) is 3.87. The lowest BCUT2D eigenvalue weighted by Crippen LogP contribution is -2.36. The highest BCUT2D eigenvalue weighted by Gasteiger charge is 2.18. The number of hydrogen-bond donors (Lipinski definition) is 2. The predicted molar refractivity (Wildman–Crippen MR) is 125 cm³/mol. The van der Waals surface area contributed by atoms with Crippen molar-refractivity contribution in [3.63, 3.8) is 0 Å². The number of rotatable bonds is 7. The molecule has 2 aromatic rings. The lowest BCUT2D eigenvalue weighted by Gasteiger charge is -2.18. The van der Waals surface area contributed by atoms with E-state index >= 15 is 0 Å². The van der Waals surface area contributed by atoms with E-state index in [0.29, 0.717) is 19.2 Å². The summed E-state index contributed by atoms with van der Waals surface area (Å²) in [6.45, 7) is 3.35. The molecular formula is C20H29IN4O2S. The number of guanidine groups is 1. The standard InChI is InChI=1S/C20H28N4O2S.HI/c1-14-11-22-19(27-14)13-24-20(21-2)23-12-15-8-9-17(25-3)10-18(15)26-16-6-4-5-7-16;/h8-11,16H,4-7,12-13H2,1-3H3,(H2,21,23,24);1H. The molecule has 0 bridgehead atoms. The van der Waals surface area contributed by atoms with Crippen LogP contribution < -0.4 is 20.1 Å². The number of nitrogens with one attached hydrogen (secondary N) is 2. The molecule has 1 aliphatic carbocycles. The van der Waals surface area contributed by atoms with E-state index in [2.05, 4.69) is 27.5 Å². The molecule has 6 nitrogen and oxygen atoms in total. The molecule has 154 valence electrons. The fraction of sp³-hybridized carbons (Fsp3) is 0.500. The monoisotopic (exact) mass is 516 g/mol. The van der Waals surface area contributed by atoms with Gasteiger partial charge in [0.05, 0.1) is 19.8 Å². The van der Waals surface area contributed by atoms with Crippen LogP contribution >= 0.6 is 35.3 Å². The van der Waals surface area contributed by atoms with Crippen molar-refractivity contribution in [3.8, 4) is 11.5 Å². The fourth-order valence-electron chi connectivity index (χ4n) is 3.15. The van der Waals surface area contributed by atoms with E-state index < -0.39 is 0 Å². The zero-order valence-corrected chi connectivity index (χ0v) is 19.8. The molecule has 1 aromatic carbocycles. The second-order valence-corrected chi connectivity index (χ2v) is 7.96. The third kappa shape index (κ3) is 6.51. The van der Waals surface area contributed by atoms with Gasteiger partial charge in [0, 0.05) is 36.3 Å². The van der Waals surface area contributed by atoms with E-state index in [4.69, 9.17) is 9.47 Å². The van der Waals surface area contributed by atoms with Crippen LogP contribution in [0.3, 0.4) is 0 Å². The third-order valence-corrected chi connectivity index (χ3v) is 5.53. The van der Waals surface area contributed by atoms with Crippen LogP contribution in [0.15, 0.2) is 29.4 Å². The molecule has 2 N–H and O–H groups in total. The van der Waals surface area contributed by atoms with Crippen molar-refractivity contribution in [1.29, 1.82) is 0 Å². The number of thiazole rings is 1. The lowest BCUT2D eigenvalue weighted by molar-refractivity contribution is 0.207. The van der Waals surface area contributed by atoms with Gasteiger partial charge in [-0.3, -0.25) is 4.99 Å². The summed E-state index contributed by atoms with van der Waals surface area (Å²) in [7, 11) is 3.45. The van der Waals surface area contributed by atoms with Gasteiger partial charge in [0.1, 0.15) is 16.5 Å². The molecule has 1 aromatic heterocycles. The maximum atomic E-state index is 6.26. The smallest absolute Gasteiger partial charge is 0.191 e.